The zero-order valence-corrected chi connectivity index (χ0v) is 13.4. The van der Waals surface area contributed by atoms with Gasteiger partial charge in [-0.1, -0.05) is 44.2 Å². The molecule has 1 heterocycles. The van der Waals surface area contributed by atoms with Crippen LogP contribution in [0.2, 0.25) is 0 Å². The summed E-state index contributed by atoms with van der Waals surface area (Å²) in [6.07, 6.45) is 4.24. The first kappa shape index (κ1) is 15.2. The van der Waals surface area contributed by atoms with Gasteiger partial charge in [0.15, 0.2) is 0 Å². The Bertz CT molecular complexity index is 507. The summed E-state index contributed by atoms with van der Waals surface area (Å²) in [6, 6.07) is 11.1. The molecule has 0 aliphatic rings. The van der Waals surface area contributed by atoms with Gasteiger partial charge in [-0.3, -0.25) is 0 Å². The second-order valence-electron chi connectivity index (χ2n) is 5.29. The van der Waals surface area contributed by atoms with Crippen molar-refractivity contribution in [3.63, 3.8) is 0 Å². The standard InChI is InChI=1S/C17H24N2S/c1-4-16-12-19-17(20-16)14(3)18-11-10-13(2)15-8-6-5-7-9-15/h5-9,12-14,18H,4,10-11H2,1-3H3. The van der Waals surface area contributed by atoms with Crippen LogP contribution in [0, 0.1) is 0 Å². The highest BCUT2D eigenvalue weighted by Gasteiger charge is 2.10. The molecule has 0 aliphatic heterocycles. The quantitative estimate of drug-likeness (QED) is 0.808. The fourth-order valence-corrected chi connectivity index (χ4v) is 3.12. The van der Waals surface area contributed by atoms with Crippen molar-refractivity contribution in [2.45, 2.75) is 45.6 Å². The van der Waals surface area contributed by atoms with Crippen LogP contribution in [0.25, 0.3) is 0 Å². The van der Waals surface area contributed by atoms with Crippen LogP contribution in [0.1, 0.15) is 54.6 Å². The van der Waals surface area contributed by atoms with Gasteiger partial charge in [-0.25, -0.2) is 4.98 Å². The van der Waals surface area contributed by atoms with Gasteiger partial charge < -0.3 is 5.32 Å². The van der Waals surface area contributed by atoms with Gasteiger partial charge in [0.1, 0.15) is 5.01 Å². The molecular weight excluding hydrogens is 264 g/mol. The third kappa shape index (κ3) is 4.15. The normalized spacial score (nSPS) is 14.2. The van der Waals surface area contributed by atoms with Gasteiger partial charge in [-0.15, -0.1) is 11.3 Å². The number of nitrogens with one attached hydrogen (secondary N) is 1. The van der Waals surface area contributed by atoms with Crippen LogP contribution in [-0.4, -0.2) is 11.5 Å². The number of aromatic nitrogens is 1. The molecule has 2 rings (SSSR count). The van der Waals surface area contributed by atoms with E-state index in [1.807, 2.05) is 17.5 Å². The SMILES string of the molecule is CCc1cnc(C(C)NCCC(C)c2ccccc2)s1. The summed E-state index contributed by atoms with van der Waals surface area (Å²) >= 11 is 1.82. The molecule has 0 fully saturated rings. The van der Waals surface area contributed by atoms with E-state index in [1.165, 1.54) is 15.4 Å². The smallest absolute Gasteiger partial charge is 0.109 e. The van der Waals surface area contributed by atoms with Crippen molar-refractivity contribution in [1.29, 1.82) is 0 Å². The van der Waals surface area contributed by atoms with Crippen LogP contribution in [0.4, 0.5) is 0 Å². The lowest BCUT2D eigenvalue weighted by molar-refractivity contribution is 0.529. The highest BCUT2D eigenvalue weighted by molar-refractivity contribution is 7.11. The average molecular weight is 288 g/mol. The molecule has 2 unspecified atom stereocenters. The number of benzene rings is 1. The van der Waals surface area contributed by atoms with Crippen LogP contribution < -0.4 is 5.32 Å². The van der Waals surface area contributed by atoms with E-state index in [-0.39, 0.29) is 0 Å². The van der Waals surface area contributed by atoms with E-state index in [1.54, 1.807) is 0 Å². The topological polar surface area (TPSA) is 24.9 Å². The molecule has 0 saturated carbocycles. The van der Waals surface area contributed by atoms with Gasteiger partial charge in [0, 0.05) is 11.1 Å². The second kappa shape index (κ2) is 7.55. The van der Waals surface area contributed by atoms with Gasteiger partial charge in [0.2, 0.25) is 0 Å². The minimum Gasteiger partial charge on any atom is -0.308 e. The minimum atomic E-state index is 0.350. The maximum Gasteiger partial charge on any atom is 0.109 e. The van der Waals surface area contributed by atoms with Crippen molar-refractivity contribution < 1.29 is 0 Å². The summed E-state index contributed by atoms with van der Waals surface area (Å²) in [7, 11) is 0. The fourth-order valence-electron chi connectivity index (χ4n) is 2.24. The third-order valence-corrected chi connectivity index (χ3v) is 5.01. The monoisotopic (exact) mass is 288 g/mol. The number of hydrogen-bond acceptors (Lipinski definition) is 3. The third-order valence-electron chi connectivity index (χ3n) is 3.69. The zero-order chi connectivity index (χ0) is 14.4. The highest BCUT2D eigenvalue weighted by Crippen LogP contribution is 2.21. The van der Waals surface area contributed by atoms with E-state index in [0.717, 1.165) is 19.4 Å². The highest BCUT2D eigenvalue weighted by atomic mass is 32.1. The molecule has 2 aromatic rings. The Morgan fingerprint density at radius 3 is 2.60 bits per heavy atom. The molecule has 1 N–H and O–H groups in total. The van der Waals surface area contributed by atoms with Crippen molar-refractivity contribution in [3.8, 4) is 0 Å². The Labute approximate surface area is 126 Å². The van der Waals surface area contributed by atoms with Crippen LogP contribution >= 0.6 is 11.3 Å². The van der Waals surface area contributed by atoms with Gasteiger partial charge in [0.25, 0.3) is 0 Å². The summed E-state index contributed by atoms with van der Waals surface area (Å²) in [4.78, 5) is 5.87. The molecule has 0 aliphatic carbocycles. The van der Waals surface area contributed by atoms with Gasteiger partial charge >= 0.3 is 0 Å². The summed E-state index contributed by atoms with van der Waals surface area (Å²) in [6.45, 7) is 7.70. The fraction of sp³-hybridized carbons (Fsp3) is 0.471. The molecular formula is C17H24N2S. The number of aryl methyl sites for hydroxylation is 1. The van der Waals surface area contributed by atoms with Crippen LogP contribution in [0.3, 0.4) is 0 Å². The molecule has 0 saturated heterocycles. The van der Waals surface area contributed by atoms with E-state index < -0.39 is 0 Å². The Hall–Kier alpha value is -1.19. The van der Waals surface area contributed by atoms with Crippen LogP contribution in [0.5, 0.6) is 0 Å². The molecule has 108 valence electrons. The number of nitrogens with zero attached hydrogens (tertiary/aromatic N) is 1. The van der Waals surface area contributed by atoms with Gasteiger partial charge in [-0.2, -0.15) is 0 Å². The van der Waals surface area contributed by atoms with E-state index in [2.05, 4.69) is 61.4 Å². The minimum absolute atomic E-state index is 0.350. The van der Waals surface area contributed by atoms with Gasteiger partial charge in [0.05, 0.1) is 6.04 Å². The maximum atomic E-state index is 4.50. The maximum absolute atomic E-state index is 4.50. The van der Waals surface area contributed by atoms with Crippen LogP contribution in [0.15, 0.2) is 36.5 Å². The molecule has 0 spiro atoms. The molecule has 0 bridgehead atoms. The molecule has 1 aromatic heterocycles. The Balaban J connectivity index is 1.78. The molecule has 20 heavy (non-hydrogen) atoms. The predicted octanol–water partition coefficient (Wildman–Crippen LogP) is 4.55. The summed E-state index contributed by atoms with van der Waals surface area (Å²) < 4.78 is 0. The largest absolute Gasteiger partial charge is 0.308 e. The Kier molecular flexibility index (Phi) is 5.74. The van der Waals surface area contributed by atoms with Crippen molar-refractivity contribution in [2.24, 2.45) is 0 Å². The van der Waals surface area contributed by atoms with Crippen molar-refractivity contribution in [2.75, 3.05) is 6.54 Å². The lowest BCUT2D eigenvalue weighted by atomic mass is 9.98. The molecule has 1 aromatic carbocycles. The molecule has 0 amide bonds. The molecule has 0 radical (unpaired) electrons. The van der Waals surface area contributed by atoms with Gasteiger partial charge in [-0.05, 0) is 37.8 Å². The van der Waals surface area contributed by atoms with Crippen molar-refractivity contribution in [1.82, 2.24) is 10.3 Å². The average Bonchev–Trinajstić information content (AvgIpc) is 2.97. The van der Waals surface area contributed by atoms with E-state index in [4.69, 9.17) is 0 Å². The first-order valence-corrected chi connectivity index (χ1v) is 8.25. The van der Waals surface area contributed by atoms with E-state index >= 15 is 0 Å². The first-order chi connectivity index (χ1) is 9.70. The van der Waals surface area contributed by atoms with Crippen molar-refractivity contribution >= 4 is 11.3 Å². The lowest BCUT2D eigenvalue weighted by Gasteiger charge is -2.15. The lowest BCUT2D eigenvalue weighted by Crippen LogP contribution is -2.20. The van der Waals surface area contributed by atoms with E-state index in [0.29, 0.717) is 12.0 Å². The summed E-state index contributed by atoms with van der Waals surface area (Å²) in [5.41, 5.74) is 1.42. The number of thiazole rings is 1. The van der Waals surface area contributed by atoms with E-state index in [9.17, 15) is 0 Å². The Morgan fingerprint density at radius 1 is 1.20 bits per heavy atom. The number of hydrogen-bond donors (Lipinski definition) is 1. The second-order valence-corrected chi connectivity index (χ2v) is 6.44. The summed E-state index contributed by atoms with van der Waals surface area (Å²) in [5, 5.41) is 4.79. The zero-order valence-electron chi connectivity index (χ0n) is 12.6. The first-order valence-electron chi connectivity index (χ1n) is 7.43. The molecule has 3 heteroatoms. The van der Waals surface area contributed by atoms with Crippen molar-refractivity contribution in [3.05, 3.63) is 52.0 Å². The molecule has 2 atom stereocenters. The van der Waals surface area contributed by atoms with Crippen LogP contribution in [-0.2, 0) is 6.42 Å². The summed E-state index contributed by atoms with van der Waals surface area (Å²) in [5.74, 6) is 0.596. The molecule has 2 nitrogen and oxygen atoms in total. The number of rotatable bonds is 7. The predicted molar refractivity (Wildman–Crippen MR) is 87.4 cm³/mol. The Morgan fingerprint density at radius 2 is 1.95 bits per heavy atom.